The van der Waals surface area contributed by atoms with Crippen LogP contribution in [0.15, 0.2) is 60.8 Å². The molecule has 3 aromatic rings. The Kier molecular flexibility index (Phi) is 8.02. The number of amides is 2. The molecule has 2 aromatic carbocycles. The minimum absolute atomic E-state index is 0.147. The largest absolute Gasteiger partial charge is 0.487 e. The number of carbonyl (C=O) groups is 2. The van der Waals surface area contributed by atoms with Crippen LogP contribution in [0.1, 0.15) is 22.3 Å². The summed E-state index contributed by atoms with van der Waals surface area (Å²) in [6.45, 7) is 5.53. The Morgan fingerprint density at radius 3 is 2.24 bits per heavy atom. The first kappa shape index (κ1) is 25.7. The highest BCUT2D eigenvalue weighted by molar-refractivity contribution is 5.92. The number of rotatable bonds is 7. The molecule has 2 amide bonds. The van der Waals surface area contributed by atoms with Crippen molar-refractivity contribution in [1.29, 1.82) is 0 Å². The van der Waals surface area contributed by atoms with Gasteiger partial charge in [0.15, 0.2) is 0 Å². The maximum atomic E-state index is 13.0. The molecule has 4 rings (SSSR count). The van der Waals surface area contributed by atoms with E-state index in [9.17, 15) is 14.0 Å². The summed E-state index contributed by atoms with van der Waals surface area (Å²) >= 11 is 0. The van der Waals surface area contributed by atoms with E-state index in [1.807, 2.05) is 26.0 Å². The molecule has 2 heterocycles. The number of aromatic nitrogens is 1. The summed E-state index contributed by atoms with van der Waals surface area (Å²) in [5, 5.41) is 9.04. The van der Waals surface area contributed by atoms with Gasteiger partial charge in [-0.15, -0.1) is 0 Å². The van der Waals surface area contributed by atoms with E-state index in [1.54, 1.807) is 41.4 Å². The number of halogens is 1. The summed E-state index contributed by atoms with van der Waals surface area (Å²) < 4.78 is 24.7. The number of hydrogen-bond donors (Lipinski definition) is 1. The quantitative estimate of drug-likeness (QED) is 0.452. The Morgan fingerprint density at radius 2 is 1.65 bits per heavy atom. The van der Waals surface area contributed by atoms with Gasteiger partial charge in [0.1, 0.15) is 23.9 Å². The average molecular weight is 506 g/mol. The number of piperazine rings is 1. The molecular formula is C28H28FN3O5. The van der Waals surface area contributed by atoms with E-state index in [4.69, 9.17) is 14.6 Å². The zero-order valence-corrected chi connectivity index (χ0v) is 20.7. The van der Waals surface area contributed by atoms with Gasteiger partial charge in [-0.3, -0.25) is 4.79 Å². The first-order valence-corrected chi connectivity index (χ1v) is 11.9. The molecule has 0 aliphatic carbocycles. The van der Waals surface area contributed by atoms with Crippen molar-refractivity contribution in [3.63, 3.8) is 0 Å². The Labute approximate surface area is 214 Å². The van der Waals surface area contributed by atoms with E-state index in [1.165, 1.54) is 23.1 Å². The lowest BCUT2D eigenvalue weighted by Crippen LogP contribution is -2.49. The number of carboxylic acid groups (broad SMARTS) is 1. The summed E-state index contributed by atoms with van der Waals surface area (Å²) in [4.78, 5) is 30.8. The molecule has 37 heavy (non-hydrogen) atoms. The van der Waals surface area contributed by atoms with Crippen LogP contribution in [-0.2, 0) is 11.4 Å². The molecule has 8 nitrogen and oxygen atoms in total. The predicted octanol–water partition coefficient (Wildman–Crippen LogP) is 5.04. The van der Waals surface area contributed by atoms with Crippen LogP contribution >= 0.6 is 0 Å². The van der Waals surface area contributed by atoms with Crippen LogP contribution in [0.4, 0.5) is 9.18 Å². The average Bonchev–Trinajstić information content (AvgIpc) is 2.90. The van der Waals surface area contributed by atoms with Crippen molar-refractivity contribution in [2.45, 2.75) is 20.5 Å². The highest BCUT2D eigenvalue weighted by atomic mass is 19.1. The van der Waals surface area contributed by atoms with Crippen molar-refractivity contribution in [3.05, 3.63) is 88.9 Å². The SMILES string of the molecule is Cc1cc(/C=C/C(=O)N2CCN(C(=O)O)CC2)cc(C)c1Oc1ccc(OCc2ccc(F)cc2)cn1. The van der Waals surface area contributed by atoms with E-state index >= 15 is 0 Å². The van der Waals surface area contributed by atoms with Crippen molar-refractivity contribution in [2.24, 2.45) is 0 Å². The monoisotopic (exact) mass is 505 g/mol. The van der Waals surface area contributed by atoms with Crippen LogP contribution in [-0.4, -0.2) is 58.1 Å². The second kappa shape index (κ2) is 11.6. The molecule has 1 saturated heterocycles. The molecule has 0 atom stereocenters. The third-order valence-electron chi connectivity index (χ3n) is 6.00. The molecular weight excluding hydrogens is 477 g/mol. The van der Waals surface area contributed by atoms with Gasteiger partial charge in [-0.2, -0.15) is 0 Å². The molecule has 0 radical (unpaired) electrons. The summed E-state index contributed by atoms with van der Waals surface area (Å²) in [5.74, 6) is 1.23. The standard InChI is InChI=1S/C28H28FN3O5/c1-19-15-22(5-10-26(33)31-11-13-32(14-12-31)28(34)35)16-20(2)27(19)37-25-9-8-24(17-30-25)36-18-21-3-6-23(29)7-4-21/h3-10,15-17H,11-14,18H2,1-2H3,(H,34,35)/b10-5+. The Balaban J connectivity index is 1.34. The summed E-state index contributed by atoms with van der Waals surface area (Å²) in [6.07, 6.45) is 3.87. The van der Waals surface area contributed by atoms with Crippen molar-refractivity contribution in [2.75, 3.05) is 26.2 Å². The highest BCUT2D eigenvalue weighted by Gasteiger charge is 2.22. The van der Waals surface area contributed by atoms with Crippen LogP contribution in [0, 0.1) is 19.7 Å². The van der Waals surface area contributed by atoms with Crippen LogP contribution < -0.4 is 9.47 Å². The number of aryl methyl sites for hydroxylation is 2. The van der Waals surface area contributed by atoms with Gasteiger partial charge < -0.3 is 24.4 Å². The summed E-state index contributed by atoms with van der Waals surface area (Å²) in [5.41, 5.74) is 3.49. The molecule has 0 unspecified atom stereocenters. The van der Waals surface area contributed by atoms with Crippen LogP contribution in [0.3, 0.4) is 0 Å². The van der Waals surface area contributed by atoms with Gasteiger partial charge in [-0.25, -0.2) is 14.2 Å². The lowest BCUT2D eigenvalue weighted by Gasteiger charge is -2.32. The van der Waals surface area contributed by atoms with E-state index in [-0.39, 0.29) is 11.7 Å². The van der Waals surface area contributed by atoms with E-state index in [0.29, 0.717) is 50.2 Å². The molecule has 1 aliphatic heterocycles. The molecule has 1 aromatic heterocycles. The Morgan fingerprint density at radius 1 is 1.00 bits per heavy atom. The third-order valence-corrected chi connectivity index (χ3v) is 6.00. The lowest BCUT2D eigenvalue weighted by atomic mass is 10.1. The van der Waals surface area contributed by atoms with Gasteiger partial charge in [0.25, 0.3) is 0 Å². The molecule has 9 heteroatoms. The van der Waals surface area contributed by atoms with E-state index in [2.05, 4.69) is 4.98 Å². The number of ether oxygens (including phenoxy) is 2. The van der Waals surface area contributed by atoms with Gasteiger partial charge >= 0.3 is 6.09 Å². The number of nitrogens with zero attached hydrogens (tertiary/aromatic N) is 3. The number of benzene rings is 2. The fraction of sp³-hybridized carbons (Fsp3) is 0.250. The fourth-order valence-corrected chi connectivity index (χ4v) is 4.00. The van der Waals surface area contributed by atoms with Crippen molar-refractivity contribution < 1.29 is 28.6 Å². The zero-order chi connectivity index (χ0) is 26.4. The highest BCUT2D eigenvalue weighted by Crippen LogP contribution is 2.30. The van der Waals surface area contributed by atoms with Crippen LogP contribution in [0.25, 0.3) is 6.08 Å². The first-order chi connectivity index (χ1) is 17.8. The molecule has 1 N–H and O–H groups in total. The van der Waals surface area contributed by atoms with Crippen LogP contribution in [0.2, 0.25) is 0 Å². The molecule has 0 saturated carbocycles. The maximum Gasteiger partial charge on any atom is 0.407 e. The lowest BCUT2D eigenvalue weighted by molar-refractivity contribution is -0.127. The van der Waals surface area contributed by atoms with Gasteiger partial charge in [-0.1, -0.05) is 12.1 Å². The molecule has 0 bridgehead atoms. The van der Waals surface area contributed by atoms with Crippen LogP contribution in [0.5, 0.6) is 17.4 Å². The van der Waals surface area contributed by atoms with Crippen molar-refractivity contribution in [3.8, 4) is 17.4 Å². The third kappa shape index (κ3) is 6.84. The van der Waals surface area contributed by atoms with Gasteiger partial charge in [-0.05, 0) is 72.5 Å². The smallest absolute Gasteiger partial charge is 0.407 e. The molecule has 1 fully saturated rings. The number of carbonyl (C=O) groups excluding carboxylic acids is 1. The van der Waals surface area contributed by atoms with Gasteiger partial charge in [0, 0.05) is 38.3 Å². The summed E-state index contributed by atoms with van der Waals surface area (Å²) in [6, 6.07) is 13.4. The van der Waals surface area contributed by atoms with Gasteiger partial charge in [0.05, 0.1) is 6.20 Å². The zero-order valence-electron chi connectivity index (χ0n) is 20.7. The van der Waals surface area contributed by atoms with Crippen molar-refractivity contribution >= 4 is 18.1 Å². The Bertz CT molecular complexity index is 1260. The molecule has 192 valence electrons. The number of pyridine rings is 1. The maximum absolute atomic E-state index is 13.0. The van der Waals surface area contributed by atoms with E-state index in [0.717, 1.165) is 22.3 Å². The Hall–Kier alpha value is -4.40. The second-order valence-corrected chi connectivity index (χ2v) is 8.76. The first-order valence-electron chi connectivity index (χ1n) is 11.9. The normalized spacial score (nSPS) is 13.6. The topological polar surface area (TPSA) is 92.2 Å². The fourth-order valence-electron chi connectivity index (χ4n) is 4.00. The number of hydrogen-bond acceptors (Lipinski definition) is 5. The van der Waals surface area contributed by atoms with E-state index < -0.39 is 6.09 Å². The predicted molar refractivity (Wildman–Crippen MR) is 136 cm³/mol. The van der Waals surface area contributed by atoms with Crippen molar-refractivity contribution in [1.82, 2.24) is 14.8 Å². The summed E-state index contributed by atoms with van der Waals surface area (Å²) in [7, 11) is 0. The minimum Gasteiger partial charge on any atom is -0.487 e. The van der Waals surface area contributed by atoms with Gasteiger partial charge in [0.2, 0.25) is 11.8 Å². The second-order valence-electron chi connectivity index (χ2n) is 8.76. The molecule has 1 aliphatic rings. The minimum atomic E-state index is -0.961. The molecule has 0 spiro atoms.